The number of hydrogen-bond acceptors (Lipinski definition) is 2. The molecule has 0 fully saturated rings. The van der Waals surface area contributed by atoms with Crippen molar-refractivity contribution in [3.05, 3.63) is 35.1 Å². The molecule has 1 aromatic rings. The maximum Gasteiger partial charge on any atom is 0.419 e. The smallest absolute Gasteiger partial charge is 0.381 e. The van der Waals surface area contributed by atoms with Crippen LogP contribution in [-0.2, 0) is 10.9 Å². The third-order valence-corrected chi connectivity index (χ3v) is 2.47. The molecule has 1 unspecified atom stereocenters. The number of carbonyl (C=O) groups excluding carboxylic acids is 1. The Morgan fingerprint density at radius 3 is 2.50 bits per heavy atom. The van der Waals surface area contributed by atoms with E-state index in [0.29, 0.717) is 12.1 Å². The highest BCUT2D eigenvalue weighted by atomic mass is 19.4. The molecule has 0 radical (unpaired) electrons. The largest absolute Gasteiger partial charge is 0.419 e. The van der Waals surface area contributed by atoms with Crippen molar-refractivity contribution in [2.75, 3.05) is 7.11 Å². The monoisotopic (exact) mass is 264 g/mol. The molecule has 0 N–H and O–H groups in total. The van der Waals surface area contributed by atoms with E-state index < -0.39 is 29.4 Å². The molecule has 6 heteroatoms. The normalized spacial score (nSPS) is 13.4. The summed E-state index contributed by atoms with van der Waals surface area (Å²) in [5, 5.41) is 0. The first-order valence-corrected chi connectivity index (χ1v) is 5.18. The summed E-state index contributed by atoms with van der Waals surface area (Å²) in [5.74, 6) is -1.91. The van der Waals surface area contributed by atoms with E-state index in [4.69, 9.17) is 4.74 Å². The number of halogens is 4. The summed E-state index contributed by atoms with van der Waals surface area (Å²) in [6, 6.07) is 2.21. The van der Waals surface area contributed by atoms with Gasteiger partial charge in [-0.15, -0.1) is 0 Å². The van der Waals surface area contributed by atoms with Crippen molar-refractivity contribution >= 4 is 5.78 Å². The number of carbonyl (C=O) groups is 1. The fraction of sp³-hybridized carbons (Fsp3) is 0.417. The van der Waals surface area contributed by atoms with Gasteiger partial charge in [0.05, 0.1) is 11.7 Å². The van der Waals surface area contributed by atoms with Crippen LogP contribution in [0.25, 0.3) is 0 Å². The van der Waals surface area contributed by atoms with Crippen molar-refractivity contribution in [2.24, 2.45) is 0 Å². The zero-order valence-electron chi connectivity index (χ0n) is 9.84. The Labute approximate surface area is 102 Å². The van der Waals surface area contributed by atoms with Gasteiger partial charge in [-0.25, -0.2) is 4.39 Å². The lowest BCUT2D eigenvalue weighted by atomic mass is 10.0. The third-order valence-electron chi connectivity index (χ3n) is 2.47. The van der Waals surface area contributed by atoms with Crippen LogP contribution < -0.4 is 0 Å². The van der Waals surface area contributed by atoms with E-state index in [9.17, 15) is 22.4 Å². The van der Waals surface area contributed by atoms with Gasteiger partial charge in [0.25, 0.3) is 0 Å². The number of rotatable bonds is 4. The molecule has 1 aromatic carbocycles. The highest BCUT2D eigenvalue weighted by Crippen LogP contribution is 2.32. The molecular weight excluding hydrogens is 252 g/mol. The molecule has 0 spiro atoms. The summed E-state index contributed by atoms with van der Waals surface area (Å²) in [6.07, 6.45) is -5.27. The van der Waals surface area contributed by atoms with Gasteiger partial charge in [0.15, 0.2) is 5.78 Å². The molecule has 0 bridgehead atoms. The number of Topliss-reactive ketones (excluding diaryl/α,β-unsaturated/α-hetero) is 1. The Balaban J connectivity index is 3.02. The highest BCUT2D eigenvalue weighted by Gasteiger charge is 2.34. The second-order valence-corrected chi connectivity index (χ2v) is 3.87. The fourth-order valence-electron chi connectivity index (χ4n) is 1.38. The number of alkyl halides is 3. The lowest BCUT2D eigenvalue weighted by Crippen LogP contribution is -2.14. The Morgan fingerprint density at radius 2 is 2.00 bits per heavy atom. The third kappa shape index (κ3) is 3.53. The van der Waals surface area contributed by atoms with Crippen LogP contribution in [0.3, 0.4) is 0 Å². The van der Waals surface area contributed by atoms with Gasteiger partial charge in [-0.1, -0.05) is 0 Å². The van der Waals surface area contributed by atoms with Crippen molar-refractivity contribution in [2.45, 2.75) is 25.6 Å². The van der Waals surface area contributed by atoms with Crippen LogP contribution in [0.5, 0.6) is 0 Å². The number of methoxy groups -OCH3 is 1. The van der Waals surface area contributed by atoms with Crippen LogP contribution in [0.15, 0.2) is 18.2 Å². The molecule has 0 aliphatic heterocycles. The number of ether oxygens (including phenoxy) is 1. The summed E-state index contributed by atoms with van der Waals surface area (Å²) in [6.45, 7) is 1.62. The standard InChI is InChI=1S/C12H12F4O2/c1-7(18-2)5-11(17)8-3-4-10(13)9(6-8)12(14,15)16/h3-4,6-7H,5H2,1-2H3. The van der Waals surface area contributed by atoms with Crippen molar-refractivity contribution in [1.29, 1.82) is 0 Å². The van der Waals surface area contributed by atoms with Crippen LogP contribution >= 0.6 is 0 Å². The number of benzene rings is 1. The average Bonchev–Trinajstić information content (AvgIpc) is 2.27. The minimum Gasteiger partial charge on any atom is -0.381 e. The lowest BCUT2D eigenvalue weighted by molar-refractivity contribution is -0.140. The van der Waals surface area contributed by atoms with E-state index in [1.54, 1.807) is 6.92 Å². The molecule has 0 heterocycles. The predicted molar refractivity (Wildman–Crippen MR) is 56.8 cm³/mol. The molecule has 1 rings (SSSR count). The summed E-state index contributed by atoms with van der Waals surface area (Å²) in [5.41, 5.74) is -1.61. The molecular formula is C12H12F4O2. The minimum absolute atomic E-state index is 0.0561. The zero-order chi connectivity index (χ0) is 13.9. The van der Waals surface area contributed by atoms with Gasteiger partial charge in [-0.05, 0) is 25.1 Å². The van der Waals surface area contributed by atoms with Gasteiger partial charge in [0.1, 0.15) is 5.82 Å². The first-order valence-electron chi connectivity index (χ1n) is 5.18. The van der Waals surface area contributed by atoms with Crippen LogP contribution in [0.2, 0.25) is 0 Å². The highest BCUT2D eigenvalue weighted by molar-refractivity contribution is 5.96. The van der Waals surface area contributed by atoms with Crippen LogP contribution in [0.4, 0.5) is 17.6 Å². The van der Waals surface area contributed by atoms with E-state index >= 15 is 0 Å². The molecule has 100 valence electrons. The van der Waals surface area contributed by atoms with Crippen molar-refractivity contribution in [3.8, 4) is 0 Å². The van der Waals surface area contributed by atoms with Gasteiger partial charge in [0.2, 0.25) is 0 Å². The van der Waals surface area contributed by atoms with Gasteiger partial charge in [0, 0.05) is 19.1 Å². The number of ketones is 1. The molecule has 1 atom stereocenters. The van der Waals surface area contributed by atoms with Crippen molar-refractivity contribution in [1.82, 2.24) is 0 Å². The Kier molecular flexibility index (Phi) is 4.45. The summed E-state index contributed by atoms with van der Waals surface area (Å²) in [7, 11) is 1.39. The Morgan fingerprint density at radius 1 is 1.39 bits per heavy atom. The van der Waals surface area contributed by atoms with Crippen LogP contribution in [0, 0.1) is 5.82 Å². The summed E-state index contributed by atoms with van der Waals surface area (Å²) >= 11 is 0. The van der Waals surface area contributed by atoms with Crippen molar-refractivity contribution < 1.29 is 27.1 Å². The van der Waals surface area contributed by atoms with Crippen LogP contribution in [0.1, 0.15) is 29.3 Å². The SMILES string of the molecule is COC(C)CC(=O)c1ccc(F)c(C(F)(F)F)c1. The lowest BCUT2D eigenvalue weighted by Gasteiger charge is -2.11. The molecule has 0 amide bonds. The van der Waals surface area contributed by atoms with Gasteiger partial charge < -0.3 is 4.74 Å². The van der Waals surface area contributed by atoms with E-state index in [1.165, 1.54) is 7.11 Å². The van der Waals surface area contributed by atoms with Crippen LogP contribution in [-0.4, -0.2) is 19.0 Å². The molecule has 0 saturated heterocycles. The van der Waals surface area contributed by atoms with E-state index in [0.717, 1.165) is 6.07 Å². The number of hydrogen-bond donors (Lipinski definition) is 0. The molecule has 2 nitrogen and oxygen atoms in total. The van der Waals surface area contributed by atoms with E-state index in [2.05, 4.69) is 0 Å². The second kappa shape index (κ2) is 5.48. The van der Waals surface area contributed by atoms with E-state index in [-0.39, 0.29) is 12.0 Å². The topological polar surface area (TPSA) is 26.3 Å². The summed E-state index contributed by atoms with van der Waals surface area (Å²) in [4.78, 5) is 11.6. The first-order chi connectivity index (χ1) is 8.25. The maximum atomic E-state index is 13.0. The quantitative estimate of drug-likeness (QED) is 0.615. The molecule has 0 aliphatic carbocycles. The van der Waals surface area contributed by atoms with Gasteiger partial charge >= 0.3 is 6.18 Å². The molecule has 0 aliphatic rings. The van der Waals surface area contributed by atoms with E-state index in [1.807, 2.05) is 0 Å². The molecule has 18 heavy (non-hydrogen) atoms. The Hall–Kier alpha value is -1.43. The first kappa shape index (κ1) is 14.6. The average molecular weight is 264 g/mol. The maximum absolute atomic E-state index is 13.0. The Bertz CT molecular complexity index is 440. The van der Waals surface area contributed by atoms with Crippen molar-refractivity contribution in [3.63, 3.8) is 0 Å². The minimum atomic E-state index is -4.81. The molecule has 0 saturated carbocycles. The predicted octanol–water partition coefficient (Wildman–Crippen LogP) is 3.45. The fourth-order valence-corrected chi connectivity index (χ4v) is 1.38. The second-order valence-electron chi connectivity index (χ2n) is 3.87. The van der Waals surface area contributed by atoms with Gasteiger partial charge in [-0.3, -0.25) is 4.79 Å². The molecule has 0 aromatic heterocycles. The van der Waals surface area contributed by atoms with Gasteiger partial charge in [-0.2, -0.15) is 13.2 Å². The summed E-state index contributed by atoms with van der Waals surface area (Å²) < 4.78 is 55.2. The zero-order valence-corrected chi connectivity index (χ0v) is 9.84.